The molecule has 0 saturated carbocycles. The smallest absolute Gasteiger partial charge is 0.0906 e. The Morgan fingerprint density at radius 3 is 2.62 bits per heavy atom. The lowest BCUT2D eigenvalue weighted by Crippen LogP contribution is -2.54. The van der Waals surface area contributed by atoms with Gasteiger partial charge in [-0.3, -0.25) is 9.29 Å². The second-order valence-corrected chi connectivity index (χ2v) is 5.40. The summed E-state index contributed by atoms with van der Waals surface area (Å²) in [6.07, 6.45) is 0.663. The molecule has 4 heteroatoms. The summed E-state index contributed by atoms with van der Waals surface area (Å²) in [4.78, 5) is 2.28. The summed E-state index contributed by atoms with van der Waals surface area (Å²) < 4.78 is 13.2. The molecule has 1 fully saturated rings. The minimum atomic E-state index is -0.203. The monoisotopic (exact) mass is 334 g/mol. The first-order valence-electron chi connectivity index (χ1n) is 5.58. The lowest BCUT2D eigenvalue weighted by Gasteiger charge is -2.40. The molecule has 2 nitrogen and oxygen atoms in total. The highest BCUT2D eigenvalue weighted by Crippen LogP contribution is 2.16. The molecule has 0 bridgehead atoms. The average molecular weight is 334 g/mol. The van der Waals surface area contributed by atoms with Gasteiger partial charge in [-0.25, -0.2) is 0 Å². The van der Waals surface area contributed by atoms with E-state index in [9.17, 15) is 4.39 Å². The molecule has 1 aromatic carbocycles. The van der Waals surface area contributed by atoms with Crippen molar-refractivity contribution < 1.29 is 4.39 Å². The van der Waals surface area contributed by atoms with Crippen LogP contribution in [0.3, 0.4) is 0 Å². The second kappa shape index (κ2) is 5.82. The molecule has 0 atom stereocenters. The van der Waals surface area contributed by atoms with Gasteiger partial charge in [0.2, 0.25) is 0 Å². The third-order valence-electron chi connectivity index (χ3n) is 2.78. The van der Waals surface area contributed by atoms with E-state index >= 15 is 0 Å². The largest absolute Gasteiger partial charge is 0.380 e. The highest BCUT2D eigenvalue weighted by Gasteiger charge is 2.25. The fourth-order valence-corrected chi connectivity index (χ4v) is 2.27. The molecule has 0 aromatic heterocycles. The van der Waals surface area contributed by atoms with Gasteiger partial charge in [0.25, 0.3) is 0 Å². The van der Waals surface area contributed by atoms with Crippen LogP contribution in [-0.4, -0.2) is 37.3 Å². The maximum atomic E-state index is 12.0. The third-order valence-corrected chi connectivity index (χ3v) is 3.50. The van der Waals surface area contributed by atoms with E-state index in [0.29, 0.717) is 12.5 Å². The Labute approximate surface area is 109 Å². The first-order chi connectivity index (χ1) is 7.78. The highest BCUT2D eigenvalue weighted by molar-refractivity contribution is 14.1. The molecule has 0 unspecified atom stereocenters. The Morgan fingerprint density at radius 2 is 2.00 bits per heavy atom. The first-order valence-corrected chi connectivity index (χ1v) is 6.66. The van der Waals surface area contributed by atoms with Gasteiger partial charge in [0.1, 0.15) is 0 Å². The molecule has 2 rings (SSSR count). The number of alkyl halides is 1. The average Bonchev–Trinajstić information content (AvgIpc) is 2.24. The number of halogens is 2. The van der Waals surface area contributed by atoms with Gasteiger partial charge in [-0.2, -0.15) is 0 Å². The van der Waals surface area contributed by atoms with Gasteiger partial charge >= 0.3 is 0 Å². The van der Waals surface area contributed by atoms with E-state index in [1.54, 1.807) is 0 Å². The fourth-order valence-electron chi connectivity index (χ4n) is 1.91. The van der Waals surface area contributed by atoms with Crippen molar-refractivity contribution in [3.05, 3.63) is 27.8 Å². The zero-order valence-corrected chi connectivity index (χ0v) is 11.3. The number of anilines is 1. The summed E-state index contributed by atoms with van der Waals surface area (Å²) >= 11 is 2.30. The zero-order valence-electron chi connectivity index (χ0n) is 9.13. The predicted molar refractivity (Wildman–Crippen MR) is 73.6 cm³/mol. The van der Waals surface area contributed by atoms with E-state index in [1.165, 1.54) is 9.26 Å². The molecular formula is C12H16FIN2. The first kappa shape index (κ1) is 12.1. The summed E-state index contributed by atoms with van der Waals surface area (Å²) in [5.74, 6) is 0. The molecule has 16 heavy (non-hydrogen) atoms. The summed E-state index contributed by atoms with van der Waals surface area (Å²) in [5.41, 5.74) is 1.18. The third kappa shape index (κ3) is 3.31. The van der Waals surface area contributed by atoms with Crippen LogP contribution in [0.1, 0.15) is 6.42 Å². The topological polar surface area (TPSA) is 15.3 Å². The molecule has 1 heterocycles. The number of hydrogen-bond acceptors (Lipinski definition) is 2. The standard InChI is InChI=1S/C12H16FIN2/c13-6-1-7-16-8-12(9-16)15-11-4-2-10(14)3-5-11/h2-5,12,15H,1,6-9H2. The fraction of sp³-hybridized carbons (Fsp3) is 0.500. The second-order valence-electron chi connectivity index (χ2n) is 4.15. The van der Waals surface area contributed by atoms with E-state index in [1.807, 2.05) is 0 Å². The van der Waals surface area contributed by atoms with Crippen molar-refractivity contribution in [2.24, 2.45) is 0 Å². The molecule has 1 saturated heterocycles. The van der Waals surface area contributed by atoms with Crippen molar-refractivity contribution in [2.45, 2.75) is 12.5 Å². The van der Waals surface area contributed by atoms with Crippen LogP contribution >= 0.6 is 22.6 Å². The Hall–Kier alpha value is -0.360. The van der Waals surface area contributed by atoms with Crippen LogP contribution in [0.4, 0.5) is 10.1 Å². The quantitative estimate of drug-likeness (QED) is 0.833. The molecule has 1 aliphatic rings. The van der Waals surface area contributed by atoms with E-state index in [-0.39, 0.29) is 6.67 Å². The van der Waals surface area contributed by atoms with Gasteiger partial charge in [-0.05, 0) is 53.3 Å². The summed E-state index contributed by atoms with van der Waals surface area (Å²) in [5, 5.41) is 3.47. The van der Waals surface area contributed by atoms with Gasteiger partial charge in [-0.15, -0.1) is 0 Å². The van der Waals surface area contributed by atoms with Crippen LogP contribution in [0.25, 0.3) is 0 Å². The van der Waals surface area contributed by atoms with Gasteiger partial charge in [-0.1, -0.05) is 0 Å². The number of likely N-dealkylation sites (tertiary alicyclic amines) is 1. The number of nitrogens with zero attached hydrogens (tertiary/aromatic N) is 1. The number of hydrogen-bond donors (Lipinski definition) is 1. The van der Waals surface area contributed by atoms with Crippen LogP contribution in [0.5, 0.6) is 0 Å². The van der Waals surface area contributed by atoms with E-state index in [4.69, 9.17) is 0 Å². The van der Waals surface area contributed by atoms with Crippen molar-refractivity contribution in [1.82, 2.24) is 4.90 Å². The van der Waals surface area contributed by atoms with Crippen molar-refractivity contribution in [2.75, 3.05) is 31.6 Å². The van der Waals surface area contributed by atoms with Gasteiger partial charge in [0, 0.05) is 28.9 Å². The van der Waals surface area contributed by atoms with Crippen LogP contribution in [-0.2, 0) is 0 Å². The normalized spacial score (nSPS) is 17.1. The summed E-state index contributed by atoms with van der Waals surface area (Å²) in [7, 11) is 0. The van der Waals surface area contributed by atoms with Crippen molar-refractivity contribution in [3.63, 3.8) is 0 Å². The Bertz CT molecular complexity index is 322. The van der Waals surface area contributed by atoms with Crippen LogP contribution in [0.15, 0.2) is 24.3 Å². The molecular weight excluding hydrogens is 318 g/mol. The van der Waals surface area contributed by atoms with Crippen molar-refractivity contribution >= 4 is 28.3 Å². The molecule has 88 valence electrons. The van der Waals surface area contributed by atoms with Gasteiger partial charge in [0.05, 0.1) is 12.7 Å². The lowest BCUT2D eigenvalue weighted by molar-refractivity contribution is 0.155. The molecule has 1 aromatic rings. The molecule has 0 spiro atoms. The number of rotatable bonds is 5. The lowest BCUT2D eigenvalue weighted by atomic mass is 10.1. The molecule has 0 radical (unpaired) electrons. The highest BCUT2D eigenvalue weighted by atomic mass is 127. The number of nitrogens with one attached hydrogen (secondary N) is 1. The predicted octanol–water partition coefficient (Wildman–Crippen LogP) is 2.75. The molecule has 1 N–H and O–H groups in total. The molecule has 1 aliphatic heterocycles. The van der Waals surface area contributed by atoms with Crippen LogP contribution in [0, 0.1) is 3.57 Å². The number of benzene rings is 1. The minimum absolute atomic E-state index is 0.203. The van der Waals surface area contributed by atoms with Crippen molar-refractivity contribution in [1.29, 1.82) is 0 Å². The van der Waals surface area contributed by atoms with Crippen molar-refractivity contribution in [3.8, 4) is 0 Å². The van der Waals surface area contributed by atoms with E-state index in [0.717, 1.165) is 19.6 Å². The molecule has 0 amide bonds. The SMILES string of the molecule is FCCCN1CC(Nc2ccc(I)cc2)C1. The van der Waals surface area contributed by atoms with Gasteiger partial charge < -0.3 is 5.32 Å². The van der Waals surface area contributed by atoms with Crippen LogP contribution < -0.4 is 5.32 Å². The summed E-state index contributed by atoms with van der Waals surface area (Å²) in [6.45, 7) is 2.76. The Balaban J connectivity index is 1.71. The van der Waals surface area contributed by atoms with E-state index in [2.05, 4.69) is 57.1 Å². The maximum absolute atomic E-state index is 12.0. The Morgan fingerprint density at radius 1 is 1.31 bits per heavy atom. The maximum Gasteiger partial charge on any atom is 0.0906 e. The van der Waals surface area contributed by atoms with E-state index < -0.39 is 0 Å². The van der Waals surface area contributed by atoms with Crippen LogP contribution in [0.2, 0.25) is 0 Å². The minimum Gasteiger partial charge on any atom is -0.380 e. The molecule has 0 aliphatic carbocycles. The van der Waals surface area contributed by atoms with Gasteiger partial charge in [0.15, 0.2) is 0 Å². The summed E-state index contributed by atoms with van der Waals surface area (Å²) in [6, 6.07) is 8.93. The zero-order chi connectivity index (χ0) is 11.4. The Kier molecular flexibility index (Phi) is 4.40.